The third-order valence-corrected chi connectivity index (χ3v) is 6.03. The van der Waals surface area contributed by atoms with E-state index in [1.54, 1.807) is 54.6 Å². The Labute approximate surface area is 218 Å². The van der Waals surface area contributed by atoms with Crippen molar-refractivity contribution in [2.24, 2.45) is 5.10 Å². The molecule has 1 aromatic heterocycles. The Kier molecular flexibility index (Phi) is 8.16. The highest BCUT2D eigenvalue weighted by Gasteiger charge is 2.18. The zero-order chi connectivity index (χ0) is 25.5. The Morgan fingerprint density at radius 1 is 1.17 bits per heavy atom. The molecule has 0 spiro atoms. The van der Waals surface area contributed by atoms with E-state index < -0.39 is 10.8 Å². The molecule has 3 aromatic carbocycles. The number of aromatic nitrogens is 3. The fraction of sp³-hybridized carbons (Fsp3) is 0.0435. The molecule has 4 rings (SSSR count). The van der Waals surface area contributed by atoms with Gasteiger partial charge in [-0.3, -0.25) is 20.0 Å². The number of benzene rings is 3. The molecule has 0 aliphatic heterocycles. The van der Waals surface area contributed by atoms with Gasteiger partial charge < -0.3 is 4.74 Å². The summed E-state index contributed by atoms with van der Waals surface area (Å²) in [6.07, 6.45) is 1.30. The monoisotopic (exact) mass is 542 g/mol. The number of hydrogen-bond donors (Lipinski definition) is 2. The maximum absolute atomic E-state index is 11.9. The van der Waals surface area contributed by atoms with Crippen LogP contribution in [0.1, 0.15) is 5.56 Å². The molecular formula is C23H16Cl2N6O4S. The van der Waals surface area contributed by atoms with Gasteiger partial charge in [0.25, 0.3) is 11.6 Å². The van der Waals surface area contributed by atoms with Crippen molar-refractivity contribution in [3.8, 4) is 17.1 Å². The van der Waals surface area contributed by atoms with Crippen LogP contribution in [0.15, 0.2) is 81.9 Å². The van der Waals surface area contributed by atoms with E-state index in [1.165, 1.54) is 12.3 Å². The van der Waals surface area contributed by atoms with Crippen molar-refractivity contribution in [3.63, 3.8) is 0 Å². The Balaban J connectivity index is 1.41. The number of para-hydroxylation sites is 1. The molecule has 1 heterocycles. The van der Waals surface area contributed by atoms with Gasteiger partial charge in [0.2, 0.25) is 5.16 Å². The van der Waals surface area contributed by atoms with Crippen molar-refractivity contribution in [1.29, 1.82) is 0 Å². The number of carbonyl (C=O) groups excluding carboxylic acids is 1. The summed E-state index contributed by atoms with van der Waals surface area (Å²) in [5.74, 6) is 0.477. The zero-order valence-electron chi connectivity index (χ0n) is 18.2. The maximum Gasteiger partial charge on any atom is 0.283 e. The molecular weight excluding hydrogens is 527 g/mol. The SMILES string of the molecule is O=C(COc1ccccc1)N/N=C\c1ccc(Sc2n[nH]c(-c3ccc(Cl)cc3Cl)n2)c([N+](=O)[O-])c1. The molecule has 0 unspecified atom stereocenters. The Morgan fingerprint density at radius 3 is 2.72 bits per heavy atom. The van der Waals surface area contributed by atoms with Crippen LogP contribution in [0.2, 0.25) is 10.0 Å². The Bertz CT molecular complexity index is 1430. The van der Waals surface area contributed by atoms with Crippen molar-refractivity contribution < 1.29 is 14.5 Å². The van der Waals surface area contributed by atoms with Gasteiger partial charge in [-0.2, -0.15) is 5.10 Å². The van der Waals surface area contributed by atoms with E-state index in [0.717, 1.165) is 11.8 Å². The lowest BCUT2D eigenvalue weighted by molar-refractivity contribution is -0.387. The zero-order valence-corrected chi connectivity index (χ0v) is 20.5. The van der Waals surface area contributed by atoms with Crippen LogP contribution in [0.4, 0.5) is 5.69 Å². The number of hydrazone groups is 1. The molecule has 1 amide bonds. The molecule has 36 heavy (non-hydrogen) atoms. The van der Waals surface area contributed by atoms with Gasteiger partial charge in [-0.25, -0.2) is 10.4 Å². The van der Waals surface area contributed by atoms with Crippen molar-refractivity contribution in [1.82, 2.24) is 20.6 Å². The van der Waals surface area contributed by atoms with Gasteiger partial charge in [0.15, 0.2) is 12.4 Å². The molecule has 0 saturated heterocycles. The molecule has 0 fully saturated rings. The number of carbonyl (C=O) groups is 1. The summed E-state index contributed by atoms with van der Waals surface area (Å²) < 4.78 is 5.33. The second-order valence-corrected chi connectivity index (χ2v) is 8.92. The van der Waals surface area contributed by atoms with Gasteiger partial charge in [0, 0.05) is 22.2 Å². The minimum atomic E-state index is -0.518. The standard InChI is InChI=1S/C23H16Cl2N6O4S/c24-15-7-8-17(18(25)11-15)22-27-23(30-29-22)36-20-9-6-14(10-19(20)31(33)34)12-26-28-21(32)13-35-16-4-2-1-3-5-16/h1-12H,13H2,(H,28,32)(H,27,29,30)/b26-12-. The van der Waals surface area contributed by atoms with Crippen LogP contribution < -0.4 is 10.2 Å². The number of amides is 1. The van der Waals surface area contributed by atoms with Crippen molar-refractivity contribution in [2.75, 3.05) is 6.61 Å². The number of aromatic amines is 1. The second-order valence-electron chi connectivity index (χ2n) is 7.07. The summed E-state index contributed by atoms with van der Waals surface area (Å²) in [6.45, 7) is -0.225. The third-order valence-electron chi connectivity index (χ3n) is 4.55. The highest BCUT2D eigenvalue weighted by Crippen LogP contribution is 2.35. The molecule has 0 bridgehead atoms. The summed E-state index contributed by atoms with van der Waals surface area (Å²) in [6, 6.07) is 18.3. The van der Waals surface area contributed by atoms with E-state index >= 15 is 0 Å². The van der Waals surface area contributed by atoms with Crippen LogP contribution in [0, 0.1) is 10.1 Å². The molecule has 10 nitrogen and oxygen atoms in total. The van der Waals surface area contributed by atoms with Crippen LogP contribution >= 0.6 is 35.0 Å². The van der Waals surface area contributed by atoms with Gasteiger partial charge in [0.1, 0.15) is 5.75 Å². The van der Waals surface area contributed by atoms with E-state index in [9.17, 15) is 14.9 Å². The van der Waals surface area contributed by atoms with Crippen LogP contribution in [-0.4, -0.2) is 38.8 Å². The van der Waals surface area contributed by atoms with Crippen LogP contribution in [-0.2, 0) is 4.79 Å². The minimum Gasteiger partial charge on any atom is -0.484 e. The van der Waals surface area contributed by atoms with Crippen LogP contribution in [0.25, 0.3) is 11.4 Å². The largest absolute Gasteiger partial charge is 0.484 e. The predicted octanol–water partition coefficient (Wildman–Crippen LogP) is 5.37. The fourth-order valence-corrected chi connectivity index (χ4v) is 4.21. The maximum atomic E-state index is 11.9. The van der Waals surface area contributed by atoms with Crippen molar-refractivity contribution in [3.05, 3.63) is 92.5 Å². The molecule has 0 saturated carbocycles. The number of nitro groups is 1. The molecule has 4 aromatic rings. The minimum absolute atomic E-state index is 0.168. The average Bonchev–Trinajstić information content (AvgIpc) is 3.32. The Hall–Kier alpha value is -3.93. The first kappa shape index (κ1) is 25.2. The van der Waals surface area contributed by atoms with Crippen molar-refractivity contribution >= 4 is 52.8 Å². The lowest BCUT2D eigenvalue weighted by atomic mass is 10.2. The molecule has 0 aliphatic rings. The van der Waals surface area contributed by atoms with Gasteiger partial charge in [-0.1, -0.05) is 47.5 Å². The number of halogens is 2. The highest BCUT2D eigenvalue weighted by atomic mass is 35.5. The van der Waals surface area contributed by atoms with E-state index in [4.69, 9.17) is 27.9 Å². The average molecular weight is 543 g/mol. The van der Waals surface area contributed by atoms with Gasteiger partial charge in [0.05, 0.1) is 21.1 Å². The summed E-state index contributed by atoms with van der Waals surface area (Å²) in [7, 11) is 0. The number of rotatable bonds is 9. The van der Waals surface area contributed by atoms with Crippen LogP contribution in [0.5, 0.6) is 5.75 Å². The van der Waals surface area contributed by atoms with E-state index in [1.807, 2.05) is 6.07 Å². The molecule has 0 aliphatic carbocycles. The first-order valence-electron chi connectivity index (χ1n) is 10.2. The smallest absolute Gasteiger partial charge is 0.283 e. The topological polar surface area (TPSA) is 135 Å². The molecule has 0 radical (unpaired) electrons. The summed E-state index contributed by atoms with van der Waals surface area (Å²) in [5, 5.41) is 23.5. The lowest BCUT2D eigenvalue weighted by Gasteiger charge is -2.04. The normalized spacial score (nSPS) is 10.9. The lowest BCUT2D eigenvalue weighted by Crippen LogP contribution is -2.24. The first-order chi connectivity index (χ1) is 17.4. The summed E-state index contributed by atoms with van der Waals surface area (Å²) in [4.78, 5) is 27.7. The quantitative estimate of drug-likeness (QED) is 0.165. The van der Waals surface area contributed by atoms with E-state index in [2.05, 4.69) is 25.7 Å². The molecule has 182 valence electrons. The number of nitrogens with one attached hydrogen (secondary N) is 2. The fourth-order valence-electron chi connectivity index (χ4n) is 2.91. The predicted molar refractivity (Wildman–Crippen MR) is 137 cm³/mol. The molecule has 13 heteroatoms. The molecule has 0 atom stereocenters. The van der Waals surface area contributed by atoms with Crippen LogP contribution in [0.3, 0.4) is 0 Å². The summed E-state index contributed by atoms with van der Waals surface area (Å²) >= 11 is 13.2. The number of nitro benzene ring substituents is 1. The van der Waals surface area contributed by atoms with Gasteiger partial charge >= 0.3 is 0 Å². The second kappa shape index (κ2) is 11.7. The number of nitrogens with zero attached hydrogens (tertiary/aromatic N) is 4. The van der Waals surface area contributed by atoms with Crippen molar-refractivity contribution in [2.45, 2.75) is 10.1 Å². The van der Waals surface area contributed by atoms with Gasteiger partial charge in [-0.05, 0) is 48.2 Å². The highest BCUT2D eigenvalue weighted by molar-refractivity contribution is 7.99. The van der Waals surface area contributed by atoms with E-state index in [0.29, 0.717) is 37.6 Å². The summed E-state index contributed by atoms with van der Waals surface area (Å²) in [5.41, 5.74) is 3.16. The third kappa shape index (κ3) is 6.60. The first-order valence-corrected chi connectivity index (χ1v) is 11.8. The number of H-pyrrole nitrogens is 1. The number of hydrogen-bond acceptors (Lipinski definition) is 8. The Morgan fingerprint density at radius 2 is 1.97 bits per heavy atom. The molecule has 2 N–H and O–H groups in total. The van der Waals surface area contributed by atoms with Gasteiger partial charge in [-0.15, -0.1) is 5.10 Å². The number of ether oxygens (including phenoxy) is 1. The van der Waals surface area contributed by atoms with E-state index in [-0.39, 0.29) is 17.5 Å².